The van der Waals surface area contributed by atoms with Crippen LogP contribution in [0.25, 0.3) is 0 Å². The van der Waals surface area contributed by atoms with E-state index in [2.05, 4.69) is 5.32 Å². The first-order valence-electron chi connectivity index (χ1n) is 7.84. The summed E-state index contributed by atoms with van der Waals surface area (Å²) in [4.78, 5) is 23.1. The van der Waals surface area contributed by atoms with Crippen molar-refractivity contribution in [2.75, 3.05) is 12.4 Å². The van der Waals surface area contributed by atoms with Gasteiger partial charge in [0.2, 0.25) is 0 Å². The van der Waals surface area contributed by atoms with Crippen LogP contribution < -0.4 is 10.1 Å². The van der Waals surface area contributed by atoms with Gasteiger partial charge in [0.25, 0.3) is 11.6 Å². The summed E-state index contributed by atoms with van der Waals surface area (Å²) in [5.41, 5.74) is 2.95. The predicted molar refractivity (Wildman–Crippen MR) is 90.7 cm³/mol. The number of nitrogens with zero attached hydrogens (tertiary/aromatic N) is 1. The molecule has 1 N–H and O–H groups in total. The lowest BCUT2D eigenvalue weighted by atomic mass is 9.90. The van der Waals surface area contributed by atoms with Crippen LogP contribution in [0.3, 0.4) is 0 Å². The van der Waals surface area contributed by atoms with Gasteiger partial charge in [-0.1, -0.05) is 6.07 Å². The molecule has 0 unspecified atom stereocenters. The van der Waals surface area contributed by atoms with Crippen molar-refractivity contribution in [3.63, 3.8) is 0 Å². The molecule has 0 spiro atoms. The summed E-state index contributed by atoms with van der Waals surface area (Å²) in [5, 5.41) is 13.8. The summed E-state index contributed by atoms with van der Waals surface area (Å²) in [7, 11) is 1.43. The Labute approximate surface area is 139 Å². The minimum atomic E-state index is -0.537. The molecule has 0 radical (unpaired) electrons. The number of nitro benzene ring substituents is 1. The van der Waals surface area contributed by atoms with E-state index < -0.39 is 4.92 Å². The lowest BCUT2D eigenvalue weighted by molar-refractivity contribution is -0.384. The molecular formula is C18H18N2O4. The first-order valence-corrected chi connectivity index (χ1v) is 7.84. The lowest BCUT2D eigenvalue weighted by Gasteiger charge is -2.16. The molecule has 1 aliphatic carbocycles. The number of fused-ring (bicyclic) bond motifs is 1. The van der Waals surface area contributed by atoms with Crippen LogP contribution in [-0.4, -0.2) is 17.9 Å². The highest BCUT2D eigenvalue weighted by Gasteiger charge is 2.19. The largest absolute Gasteiger partial charge is 0.496 e. The Hall–Kier alpha value is -2.89. The molecule has 124 valence electrons. The van der Waals surface area contributed by atoms with Crippen LogP contribution in [-0.2, 0) is 12.8 Å². The van der Waals surface area contributed by atoms with E-state index in [9.17, 15) is 14.9 Å². The third kappa shape index (κ3) is 3.22. The standard InChI is InChI=1S/C18H18N2O4/c1-24-15-8-9-16(17(11-15)20(22)23)19-18(21)14-7-6-12-4-2-3-5-13(12)10-14/h6-11H,2-5H2,1H3,(H,19,21). The number of amides is 1. The van der Waals surface area contributed by atoms with Crippen molar-refractivity contribution in [1.82, 2.24) is 0 Å². The Kier molecular flexibility index (Phi) is 4.46. The third-order valence-corrected chi connectivity index (χ3v) is 4.26. The molecule has 0 atom stereocenters. The molecule has 6 nitrogen and oxygen atoms in total. The third-order valence-electron chi connectivity index (χ3n) is 4.26. The van der Waals surface area contributed by atoms with Gasteiger partial charge in [-0.15, -0.1) is 0 Å². The molecule has 1 aliphatic rings. The predicted octanol–water partition coefficient (Wildman–Crippen LogP) is 3.73. The summed E-state index contributed by atoms with van der Waals surface area (Å²) in [5.74, 6) is 0.0186. The Morgan fingerprint density at radius 1 is 1.12 bits per heavy atom. The number of methoxy groups -OCH3 is 1. The van der Waals surface area contributed by atoms with E-state index >= 15 is 0 Å². The van der Waals surface area contributed by atoms with Gasteiger partial charge >= 0.3 is 0 Å². The Balaban J connectivity index is 1.86. The maximum absolute atomic E-state index is 12.5. The fourth-order valence-electron chi connectivity index (χ4n) is 2.96. The van der Waals surface area contributed by atoms with Crippen molar-refractivity contribution in [2.24, 2.45) is 0 Å². The molecular weight excluding hydrogens is 308 g/mol. The van der Waals surface area contributed by atoms with Gasteiger partial charge in [-0.2, -0.15) is 0 Å². The minimum absolute atomic E-state index is 0.156. The molecule has 6 heteroatoms. The smallest absolute Gasteiger partial charge is 0.296 e. The highest BCUT2D eigenvalue weighted by Crippen LogP contribution is 2.29. The summed E-state index contributed by atoms with van der Waals surface area (Å²) in [6.07, 6.45) is 4.32. The highest BCUT2D eigenvalue weighted by molar-refractivity contribution is 6.05. The summed E-state index contributed by atoms with van der Waals surface area (Å²) in [6, 6.07) is 9.99. The van der Waals surface area contributed by atoms with Gasteiger partial charge in [0.05, 0.1) is 18.1 Å². The van der Waals surface area contributed by atoms with Gasteiger partial charge in [-0.25, -0.2) is 0 Å². The van der Waals surface area contributed by atoms with Crippen molar-refractivity contribution < 1.29 is 14.5 Å². The van der Waals surface area contributed by atoms with Crippen molar-refractivity contribution >= 4 is 17.3 Å². The van der Waals surface area contributed by atoms with Crippen LogP contribution in [0.5, 0.6) is 5.75 Å². The molecule has 0 fully saturated rings. The van der Waals surface area contributed by atoms with E-state index in [4.69, 9.17) is 4.74 Å². The normalized spacial score (nSPS) is 13.0. The molecule has 0 saturated heterocycles. The quantitative estimate of drug-likeness (QED) is 0.685. The zero-order chi connectivity index (χ0) is 17.1. The first kappa shape index (κ1) is 16.0. The minimum Gasteiger partial charge on any atom is -0.496 e. The van der Waals surface area contributed by atoms with E-state index in [0.717, 1.165) is 19.3 Å². The second-order valence-electron chi connectivity index (χ2n) is 5.78. The van der Waals surface area contributed by atoms with Gasteiger partial charge in [0.15, 0.2) is 0 Å². The number of anilines is 1. The lowest BCUT2D eigenvalue weighted by Crippen LogP contribution is -2.14. The van der Waals surface area contributed by atoms with Crippen LogP contribution in [0.1, 0.15) is 34.3 Å². The molecule has 24 heavy (non-hydrogen) atoms. The number of benzene rings is 2. The van der Waals surface area contributed by atoms with E-state index in [-0.39, 0.29) is 17.3 Å². The van der Waals surface area contributed by atoms with E-state index in [1.807, 2.05) is 12.1 Å². The maximum atomic E-state index is 12.5. The Morgan fingerprint density at radius 2 is 1.88 bits per heavy atom. The second kappa shape index (κ2) is 6.70. The van der Waals surface area contributed by atoms with Crippen LogP contribution in [0.15, 0.2) is 36.4 Å². The van der Waals surface area contributed by atoms with E-state index in [1.165, 1.54) is 36.8 Å². The summed E-state index contributed by atoms with van der Waals surface area (Å²) in [6.45, 7) is 0. The monoisotopic (exact) mass is 326 g/mol. The molecule has 0 bridgehead atoms. The number of nitro groups is 1. The SMILES string of the molecule is COc1ccc(NC(=O)c2ccc3c(c2)CCCC3)c([N+](=O)[O-])c1. The van der Waals surface area contributed by atoms with Gasteiger partial charge in [0.1, 0.15) is 11.4 Å². The Bertz CT molecular complexity index is 802. The fourth-order valence-corrected chi connectivity index (χ4v) is 2.96. The zero-order valence-corrected chi connectivity index (χ0v) is 13.4. The molecule has 2 aromatic rings. The number of carbonyl (C=O) groups is 1. The van der Waals surface area contributed by atoms with Gasteiger partial charge in [-0.3, -0.25) is 14.9 Å². The molecule has 0 saturated carbocycles. The maximum Gasteiger partial charge on any atom is 0.296 e. The number of hydrogen-bond acceptors (Lipinski definition) is 4. The van der Waals surface area contributed by atoms with Crippen molar-refractivity contribution in [2.45, 2.75) is 25.7 Å². The number of hydrogen-bond donors (Lipinski definition) is 1. The van der Waals surface area contributed by atoms with E-state index in [1.54, 1.807) is 12.1 Å². The van der Waals surface area contributed by atoms with Crippen molar-refractivity contribution in [1.29, 1.82) is 0 Å². The molecule has 1 amide bonds. The molecule has 0 aromatic heterocycles. The number of nitrogens with one attached hydrogen (secondary N) is 1. The highest BCUT2D eigenvalue weighted by atomic mass is 16.6. The van der Waals surface area contributed by atoms with Crippen molar-refractivity contribution in [3.8, 4) is 5.75 Å². The number of rotatable bonds is 4. The van der Waals surface area contributed by atoms with Crippen LogP contribution in [0.4, 0.5) is 11.4 Å². The van der Waals surface area contributed by atoms with Gasteiger partial charge in [-0.05, 0) is 61.1 Å². The molecule has 0 aliphatic heterocycles. The zero-order valence-electron chi connectivity index (χ0n) is 13.4. The van der Waals surface area contributed by atoms with E-state index in [0.29, 0.717) is 11.3 Å². The van der Waals surface area contributed by atoms with Crippen LogP contribution in [0.2, 0.25) is 0 Å². The molecule has 3 rings (SSSR count). The van der Waals surface area contributed by atoms with Crippen LogP contribution >= 0.6 is 0 Å². The summed E-state index contributed by atoms with van der Waals surface area (Å²) >= 11 is 0. The molecule has 0 heterocycles. The summed E-state index contributed by atoms with van der Waals surface area (Å²) < 4.78 is 4.99. The number of ether oxygens (including phenoxy) is 1. The average Bonchev–Trinajstić information content (AvgIpc) is 2.61. The number of aryl methyl sites for hydroxylation is 2. The molecule has 2 aromatic carbocycles. The number of carbonyl (C=O) groups excluding carboxylic acids is 1. The first-order chi connectivity index (χ1) is 11.6. The second-order valence-corrected chi connectivity index (χ2v) is 5.78. The average molecular weight is 326 g/mol. The van der Waals surface area contributed by atoms with Crippen LogP contribution in [0, 0.1) is 10.1 Å². The topological polar surface area (TPSA) is 81.5 Å². The van der Waals surface area contributed by atoms with Gasteiger partial charge in [0, 0.05) is 5.56 Å². The van der Waals surface area contributed by atoms with Gasteiger partial charge < -0.3 is 10.1 Å². The van der Waals surface area contributed by atoms with Crippen molar-refractivity contribution in [3.05, 3.63) is 63.2 Å². The fraction of sp³-hybridized carbons (Fsp3) is 0.278. The Morgan fingerprint density at radius 3 is 2.58 bits per heavy atom.